The molecule has 1 aromatic rings. The molecule has 0 bridgehead atoms. The molecule has 1 aromatic carbocycles. The van der Waals surface area contributed by atoms with E-state index in [4.69, 9.17) is 16.7 Å². The van der Waals surface area contributed by atoms with Crippen LogP contribution in [0.3, 0.4) is 0 Å². The van der Waals surface area contributed by atoms with E-state index in [0.717, 1.165) is 12.1 Å². The second-order valence-electron chi connectivity index (χ2n) is 3.63. The van der Waals surface area contributed by atoms with Gasteiger partial charge in [-0.3, -0.25) is 0 Å². The maximum absolute atomic E-state index is 13.4. The van der Waals surface area contributed by atoms with Crippen LogP contribution in [0.25, 0.3) is 0 Å². The molecule has 0 aromatic heterocycles. The molecule has 2 amide bonds. The molecular formula is C11H13ClF2N2O2. The third-order valence-corrected chi connectivity index (χ3v) is 2.51. The highest BCUT2D eigenvalue weighted by Crippen LogP contribution is 2.23. The first-order valence-corrected chi connectivity index (χ1v) is 5.68. The molecule has 0 aliphatic rings. The summed E-state index contributed by atoms with van der Waals surface area (Å²) >= 11 is 5.45. The SMILES string of the molecule is CCC(CO)NC(=O)Nc1c(F)cc(Cl)cc1F. The number of halogens is 3. The topological polar surface area (TPSA) is 61.4 Å². The van der Waals surface area contributed by atoms with E-state index >= 15 is 0 Å². The average Bonchev–Trinajstić information content (AvgIpc) is 2.30. The summed E-state index contributed by atoms with van der Waals surface area (Å²) in [5.41, 5.74) is -0.579. The van der Waals surface area contributed by atoms with Gasteiger partial charge in [0.05, 0.1) is 12.6 Å². The Hall–Kier alpha value is -1.40. The number of hydrogen-bond acceptors (Lipinski definition) is 2. The van der Waals surface area contributed by atoms with Crippen LogP contribution in [0.2, 0.25) is 5.02 Å². The van der Waals surface area contributed by atoms with Crippen molar-refractivity contribution >= 4 is 23.3 Å². The summed E-state index contributed by atoms with van der Waals surface area (Å²) in [5.74, 6) is -1.93. The Bertz CT molecular complexity index is 416. The van der Waals surface area contributed by atoms with Gasteiger partial charge in [-0.1, -0.05) is 18.5 Å². The van der Waals surface area contributed by atoms with Crippen LogP contribution < -0.4 is 10.6 Å². The largest absolute Gasteiger partial charge is 0.394 e. The van der Waals surface area contributed by atoms with E-state index in [9.17, 15) is 13.6 Å². The van der Waals surface area contributed by atoms with Crippen LogP contribution in [-0.2, 0) is 0 Å². The summed E-state index contributed by atoms with van der Waals surface area (Å²) in [6.45, 7) is 1.50. The Morgan fingerprint density at radius 1 is 1.44 bits per heavy atom. The van der Waals surface area contributed by atoms with Crippen molar-refractivity contribution in [3.8, 4) is 0 Å². The number of rotatable bonds is 4. The number of aliphatic hydroxyl groups is 1. The molecule has 100 valence electrons. The number of nitrogens with one attached hydrogen (secondary N) is 2. The number of benzene rings is 1. The van der Waals surface area contributed by atoms with E-state index in [1.807, 2.05) is 5.32 Å². The molecule has 0 radical (unpaired) electrons. The first kappa shape index (κ1) is 14.7. The lowest BCUT2D eigenvalue weighted by atomic mass is 10.2. The van der Waals surface area contributed by atoms with Crippen molar-refractivity contribution in [2.75, 3.05) is 11.9 Å². The maximum atomic E-state index is 13.4. The standard InChI is InChI=1S/C11H13ClF2N2O2/c1-2-7(5-17)15-11(18)16-10-8(13)3-6(12)4-9(10)14/h3-4,7,17H,2,5H2,1H3,(H2,15,16,18). The Labute approximate surface area is 108 Å². The van der Waals surface area contributed by atoms with Crippen molar-refractivity contribution in [1.29, 1.82) is 0 Å². The molecule has 0 fully saturated rings. The highest BCUT2D eigenvalue weighted by Gasteiger charge is 2.15. The molecule has 0 saturated heterocycles. The fourth-order valence-corrected chi connectivity index (χ4v) is 1.47. The molecule has 0 heterocycles. The zero-order valence-corrected chi connectivity index (χ0v) is 10.4. The van der Waals surface area contributed by atoms with E-state index in [0.29, 0.717) is 6.42 Å². The molecule has 1 atom stereocenters. The van der Waals surface area contributed by atoms with Crippen LogP contribution in [0.4, 0.5) is 19.3 Å². The number of carbonyl (C=O) groups excluding carboxylic acids is 1. The van der Waals surface area contributed by atoms with Gasteiger partial charge in [-0.2, -0.15) is 0 Å². The molecule has 1 unspecified atom stereocenters. The molecule has 0 aliphatic heterocycles. The molecule has 3 N–H and O–H groups in total. The van der Waals surface area contributed by atoms with Crippen molar-refractivity contribution in [3.63, 3.8) is 0 Å². The van der Waals surface area contributed by atoms with Crippen LogP contribution in [0.15, 0.2) is 12.1 Å². The molecule has 7 heteroatoms. The Kier molecular flexibility index (Phi) is 5.30. The minimum atomic E-state index is -0.966. The quantitative estimate of drug-likeness (QED) is 0.792. The van der Waals surface area contributed by atoms with Gasteiger partial charge < -0.3 is 15.7 Å². The lowest BCUT2D eigenvalue weighted by molar-refractivity contribution is 0.222. The van der Waals surface area contributed by atoms with E-state index < -0.39 is 29.4 Å². The van der Waals surface area contributed by atoms with Gasteiger partial charge in [-0.05, 0) is 18.6 Å². The molecule has 1 rings (SSSR count). The van der Waals surface area contributed by atoms with E-state index in [1.54, 1.807) is 6.92 Å². The number of anilines is 1. The second kappa shape index (κ2) is 6.51. The Morgan fingerprint density at radius 3 is 2.44 bits per heavy atom. The smallest absolute Gasteiger partial charge is 0.319 e. The first-order valence-electron chi connectivity index (χ1n) is 5.30. The van der Waals surface area contributed by atoms with Crippen molar-refractivity contribution in [3.05, 3.63) is 28.8 Å². The number of aliphatic hydroxyl groups excluding tert-OH is 1. The number of carbonyl (C=O) groups is 1. The summed E-state index contributed by atoms with van der Waals surface area (Å²) in [4.78, 5) is 11.4. The van der Waals surface area contributed by atoms with Crippen molar-refractivity contribution < 1.29 is 18.7 Å². The zero-order valence-electron chi connectivity index (χ0n) is 9.64. The third kappa shape index (κ3) is 3.82. The van der Waals surface area contributed by atoms with E-state index in [1.165, 1.54) is 0 Å². The van der Waals surface area contributed by atoms with Crippen molar-refractivity contribution in [2.45, 2.75) is 19.4 Å². The fraction of sp³-hybridized carbons (Fsp3) is 0.364. The normalized spacial score (nSPS) is 12.1. The lowest BCUT2D eigenvalue weighted by Gasteiger charge is -2.15. The molecular weight excluding hydrogens is 266 g/mol. The number of amides is 2. The molecule has 4 nitrogen and oxygen atoms in total. The maximum Gasteiger partial charge on any atom is 0.319 e. The molecule has 18 heavy (non-hydrogen) atoms. The van der Waals surface area contributed by atoms with Gasteiger partial charge >= 0.3 is 6.03 Å². The van der Waals surface area contributed by atoms with Gasteiger partial charge in [0, 0.05) is 5.02 Å². The molecule has 0 saturated carbocycles. The second-order valence-corrected chi connectivity index (χ2v) is 4.07. The highest BCUT2D eigenvalue weighted by atomic mass is 35.5. The summed E-state index contributed by atoms with van der Waals surface area (Å²) in [7, 11) is 0. The van der Waals surface area contributed by atoms with Crippen LogP contribution in [-0.4, -0.2) is 23.8 Å². The van der Waals surface area contributed by atoms with Crippen molar-refractivity contribution in [2.24, 2.45) is 0 Å². The van der Waals surface area contributed by atoms with Crippen molar-refractivity contribution in [1.82, 2.24) is 5.32 Å². The lowest BCUT2D eigenvalue weighted by Crippen LogP contribution is -2.40. The summed E-state index contributed by atoms with van der Waals surface area (Å²) in [6, 6.07) is 0.521. The number of urea groups is 1. The summed E-state index contributed by atoms with van der Waals surface area (Å²) in [6.07, 6.45) is 0.496. The monoisotopic (exact) mass is 278 g/mol. The Balaban J connectivity index is 2.76. The Morgan fingerprint density at radius 2 is 2.00 bits per heavy atom. The highest BCUT2D eigenvalue weighted by molar-refractivity contribution is 6.30. The predicted octanol–water partition coefficient (Wildman–Crippen LogP) is 2.51. The average molecular weight is 279 g/mol. The molecule has 0 aliphatic carbocycles. The van der Waals surface area contributed by atoms with Gasteiger partial charge in [0.15, 0.2) is 11.6 Å². The van der Waals surface area contributed by atoms with Gasteiger partial charge in [0.2, 0.25) is 0 Å². The van der Waals surface area contributed by atoms with Gasteiger partial charge in [-0.15, -0.1) is 0 Å². The van der Waals surface area contributed by atoms with Crippen LogP contribution in [0, 0.1) is 11.6 Å². The van der Waals surface area contributed by atoms with E-state index in [2.05, 4.69) is 5.32 Å². The molecule has 0 spiro atoms. The zero-order chi connectivity index (χ0) is 13.7. The first-order chi connectivity index (χ1) is 8.47. The predicted molar refractivity (Wildman–Crippen MR) is 64.7 cm³/mol. The number of hydrogen-bond donors (Lipinski definition) is 3. The summed E-state index contributed by atoms with van der Waals surface area (Å²) in [5, 5.41) is 13.2. The van der Waals surface area contributed by atoms with Gasteiger partial charge in [0.25, 0.3) is 0 Å². The minimum Gasteiger partial charge on any atom is -0.394 e. The van der Waals surface area contributed by atoms with Gasteiger partial charge in [0.1, 0.15) is 5.69 Å². The minimum absolute atomic E-state index is 0.0993. The van der Waals surface area contributed by atoms with E-state index in [-0.39, 0.29) is 11.6 Å². The van der Waals surface area contributed by atoms with Crippen LogP contribution in [0.1, 0.15) is 13.3 Å². The van der Waals surface area contributed by atoms with Crippen LogP contribution in [0.5, 0.6) is 0 Å². The van der Waals surface area contributed by atoms with Crippen LogP contribution >= 0.6 is 11.6 Å². The summed E-state index contributed by atoms with van der Waals surface area (Å²) < 4.78 is 26.7. The third-order valence-electron chi connectivity index (χ3n) is 2.29. The van der Waals surface area contributed by atoms with Gasteiger partial charge in [-0.25, -0.2) is 13.6 Å². The fourth-order valence-electron chi connectivity index (χ4n) is 1.27.